The molecule has 2 rings (SSSR count). The van der Waals surface area contributed by atoms with Crippen LogP contribution in [0.1, 0.15) is 24.5 Å². The average molecular weight is 230 g/mol. The number of nitrogens with zero attached hydrogens (tertiary/aromatic N) is 1. The van der Waals surface area contributed by atoms with Crippen LogP contribution >= 0.6 is 0 Å². The quantitative estimate of drug-likeness (QED) is 0.781. The molecule has 0 unspecified atom stereocenters. The molecule has 0 aliphatic carbocycles. The Morgan fingerprint density at radius 3 is 2.82 bits per heavy atom. The van der Waals surface area contributed by atoms with Crippen molar-refractivity contribution >= 4 is 10.9 Å². The molecule has 0 radical (unpaired) electrons. The highest BCUT2D eigenvalue weighted by atomic mass is 14.9. The van der Waals surface area contributed by atoms with Gasteiger partial charge in [-0.25, -0.2) is 0 Å². The minimum atomic E-state index is 1.05. The van der Waals surface area contributed by atoms with Crippen molar-refractivity contribution in [1.82, 2.24) is 9.88 Å². The van der Waals surface area contributed by atoms with Crippen LogP contribution < -0.4 is 5.32 Å². The molecule has 92 valence electrons. The van der Waals surface area contributed by atoms with Gasteiger partial charge >= 0.3 is 0 Å². The minimum Gasteiger partial charge on any atom is -0.347 e. The highest BCUT2D eigenvalue weighted by Crippen LogP contribution is 2.25. The van der Waals surface area contributed by atoms with Gasteiger partial charge in [0.15, 0.2) is 0 Å². The van der Waals surface area contributed by atoms with Crippen LogP contribution in [0.2, 0.25) is 0 Å². The molecule has 0 atom stereocenters. The van der Waals surface area contributed by atoms with Crippen LogP contribution in [0.3, 0.4) is 0 Å². The lowest BCUT2D eigenvalue weighted by Gasteiger charge is -2.03. The summed E-state index contributed by atoms with van der Waals surface area (Å²) >= 11 is 0. The molecule has 0 spiro atoms. The van der Waals surface area contributed by atoms with E-state index in [0.717, 1.165) is 19.5 Å². The molecule has 2 nitrogen and oxygen atoms in total. The van der Waals surface area contributed by atoms with E-state index in [1.807, 2.05) is 7.05 Å². The molecule has 0 saturated carbocycles. The number of nitrogens with one attached hydrogen (secondary N) is 1. The van der Waals surface area contributed by atoms with Crippen molar-refractivity contribution in [1.29, 1.82) is 0 Å². The SMILES string of the molecule is CCn1cc(CCCNC)c2cccc(C)c21. The number of fused-ring (bicyclic) bond motifs is 1. The summed E-state index contributed by atoms with van der Waals surface area (Å²) in [6.45, 7) is 6.55. The predicted molar refractivity (Wildman–Crippen MR) is 74.6 cm³/mol. The van der Waals surface area contributed by atoms with Gasteiger partial charge in [0.1, 0.15) is 0 Å². The summed E-state index contributed by atoms with van der Waals surface area (Å²) in [5.41, 5.74) is 4.28. The lowest BCUT2D eigenvalue weighted by atomic mass is 10.1. The highest BCUT2D eigenvalue weighted by Gasteiger charge is 2.08. The first-order valence-corrected chi connectivity index (χ1v) is 6.49. The van der Waals surface area contributed by atoms with Gasteiger partial charge in [-0.2, -0.15) is 0 Å². The van der Waals surface area contributed by atoms with Gasteiger partial charge in [-0.1, -0.05) is 18.2 Å². The van der Waals surface area contributed by atoms with E-state index in [4.69, 9.17) is 0 Å². The van der Waals surface area contributed by atoms with Crippen molar-refractivity contribution in [2.24, 2.45) is 0 Å². The van der Waals surface area contributed by atoms with Gasteiger partial charge in [-0.05, 0) is 51.4 Å². The number of rotatable bonds is 5. The van der Waals surface area contributed by atoms with E-state index < -0.39 is 0 Å². The third kappa shape index (κ3) is 2.37. The maximum absolute atomic E-state index is 3.21. The molecule has 0 amide bonds. The third-order valence-electron chi connectivity index (χ3n) is 3.40. The molecule has 1 N–H and O–H groups in total. The fourth-order valence-electron chi connectivity index (χ4n) is 2.53. The fraction of sp³-hybridized carbons (Fsp3) is 0.467. The zero-order valence-corrected chi connectivity index (χ0v) is 11.1. The molecule has 0 fully saturated rings. The highest BCUT2D eigenvalue weighted by molar-refractivity contribution is 5.86. The normalized spacial score (nSPS) is 11.2. The summed E-state index contributed by atoms with van der Waals surface area (Å²) in [4.78, 5) is 0. The third-order valence-corrected chi connectivity index (χ3v) is 3.40. The van der Waals surface area contributed by atoms with Gasteiger partial charge < -0.3 is 9.88 Å². The van der Waals surface area contributed by atoms with Crippen LogP contribution in [-0.2, 0) is 13.0 Å². The molecule has 0 aliphatic rings. The topological polar surface area (TPSA) is 17.0 Å². The van der Waals surface area contributed by atoms with E-state index >= 15 is 0 Å². The van der Waals surface area contributed by atoms with E-state index in [1.54, 1.807) is 0 Å². The Bertz CT molecular complexity index is 497. The van der Waals surface area contributed by atoms with E-state index in [2.05, 4.69) is 48.1 Å². The van der Waals surface area contributed by atoms with Crippen LogP contribution in [0.15, 0.2) is 24.4 Å². The molecule has 0 aliphatic heterocycles. The summed E-state index contributed by atoms with van der Waals surface area (Å²) in [7, 11) is 2.01. The minimum absolute atomic E-state index is 1.05. The zero-order chi connectivity index (χ0) is 12.3. The standard InChI is InChI=1S/C15H22N2/c1-4-17-11-13(8-6-10-16-3)14-9-5-7-12(2)15(14)17/h5,7,9,11,16H,4,6,8,10H2,1-3H3. The summed E-state index contributed by atoms with van der Waals surface area (Å²) < 4.78 is 2.37. The number of hydrogen-bond acceptors (Lipinski definition) is 1. The summed E-state index contributed by atoms with van der Waals surface area (Å²) in [5, 5.41) is 4.64. The maximum atomic E-state index is 3.21. The van der Waals surface area contributed by atoms with Gasteiger partial charge in [0.25, 0.3) is 0 Å². The molecular weight excluding hydrogens is 208 g/mol. The Labute approximate surface area is 104 Å². The fourth-order valence-corrected chi connectivity index (χ4v) is 2.53. The van der Waals surface area contributed by atoms with Crippen LogP contribution in [0.25, 0.3) is 10.9 Å². The van der Waals surface area contributed by atoms with E-state index in [0.29, 0.717) is 0 Å². The Hall–Kier alpha value is -1.28. The molecule has 1 heterocycles. The summed E-state index contributed by atoms with van der Waals surface area (Å²) in [5.74, 6) is 0. The van der Waals surface area contributed by atoms with Crippen LogP contribution in [0, 0.1) is 6.92 Å². The number of para-hydroxylation sites is 1. The Morgan fingerprint density at radius 1 is 1.29 bits per heavy atom. The van der Waals surface area contributed by atoms with Crippen molar-refractivity contribution in [3.05, 3.63) is 35.5 Å². The molecule has 1 aromatic heterocycles. The first-order chi connectivity index (χ1) is 8.27. The van der Waals surface area contributed by atoms with Gasteiger partial charge in [0.05, 0.1) is 5.52 Å². The molecule has 2 aromatic rings. The van der Waals surface area contributed by atoms with Gasteiger partial charge in [-0.3, -0.25) is 0 Å². The monoisotopic (exact) mass is 230 g/mol. The van der Waals surface area contributed by atoms with E-state index in [1.165, 1.54) is 28.5 Å². The van der Waals surface area contributed by atoms with Crippen molar-refractivity contribution in [3.63, 3.8) is 0 Å². The lowest BCUT2D eigenvalue weighted by Crippen LogP contribution is -2.08. The van der Waals surface area contributed by atoms with Gasteiger partial charge in [0, 0.05) is 18.1 Å². The number of aryl methyl sites for hydroxylation is 3. The molecule has 2 heteroatoms. The lowest BCUT2D eigenvalue weighted by molar-refractivity contribution is 0.721. The first kappa shape index (κ1) is 12.2. The number of aromatic nitrogens is 1. The van der Waals surface area contributed by atoms with Crippen molar-refractivity contribution in [3.8, 4) is 0 Å². The molecular formula is C15H22N2. The van der Waals surface area contributed by atoms with Crippen molar-refractivity contribution < 1.29 is 0 Å². The molecule has 1 aromatic carbocycles. The predicted octanol–water partition coefficient (Wildman–Crippen LogP) is 3.12. The first-order valence-electron chi connectivity index (χ1n) is 6.49. The van der Waals surface area contributed by atoms with E-state index in [9.17, 15) is 0 Å². The maximum Gasteiger partial charge on any atom is 0.0512 e. The average Bonchev–Trinajstić information content (AvgIpc) is 2.70. The van der Waals surface area contributed by atoms with Gasteiger partial charge in [0.2, 0.25) is 0 Å². The Kier molecular flexibility index (Phi) is 3.85. The number of hydrogen-bond donors (Lipinski definition) is 1. The smallest absolute Gasteiger partial charge is 0.0512 e. The largest absolute Gasteiger partial charge is 0.347 e. The number of benzene rings is 1. The summed E-state index contributed by atoms with van der Waals surface area (Å²) in [6.07, 6.45) is 4.69. The van der Waals surface area contributed by atoms with Crippen LogP contribution in [0.4, 0.5) is 0 Å². The Balaban J connectivity index is 2.39. The molecule has 0 bridgehead atoms. The van der Waals surface area contributed by atoms with Crippen LogP contribution in [-0.4, -0.2) is 18.2 Å². The van der Waals surface area contributed by atoms with Crippen molar-refractivity contribution in [2.75, 3.05) is 13.6 Å². The Morgan fingerprint density at radius 2 is 2.12 bits per heavy atom. The summed E-state index contributed by atoms with van der Waals surface area (Å²) in [6, 6.07) is 6.62. The second-order valence-electron chi connectivity index (χ2n) is 4.62. The second kappa shape index (κ2) is 5.37. The van der Waals surface area contributed by atoms with Crippen LogP contribution in [0.5, 0.6) is 0 Å². The second-order valence-corrected chi connectivity index (χ2v) is 4.62. The molecule has 0 saturated heterocycles. The van der Waals surface area contributed by atoms with Crippen molar-refractivity contribution in [2.45, 2.75) is 33.2 Å². The van der Waals surface area contributed by atoms with E-state index in [-0.39, 0.29) is 0 Å². The zero-order valence-electron chi connectivity index (χ0n) is 11.1. The molecule has 17 heavy (non-hydrogen) atoms. The van der Waals surface area contributed by atoms with Gasteiger partial charge in [-0.15, -0.1) is 0 Å².